The highest BCUT2D eigenvalue weighted by Gasteiger charge is 2.10. The Bertz CT molecular complexity index is 405. The Morgan fingerprint density at radius 3 is 2.45 bits per heavy atom. The molecule has 20 heavy (non-hydrogen) atoms. The summed E-state index contributed by atoms with van der Waals surface area (Å²) in [6.07, 6.45) is 0. The zero-order valence-corrected chi connectivity index (χ0v) is 13.5. The van der Waals surface area contributed by atoms with Gasteiger partial charge in [-0.3, -0.25) is 0 Å². The van der Waals surface area contributed by atoms with Gasteiger partial charge in [0.1, 0.15) is 5.75 Å². The number of benzene rings is 1. The summed E-state index contributed by atoms with van der Waals surface area (Å²) in [4.78, 5) is 4.50. The Morgan fingerprint density at radius 1 is 1.20 bits per heavy atom. The van der Waals surface area contributed by atoms with Gasteiger partial charge in [-0.2, -0.15) is 0 Å². The topological polar surface area (TPSA) is 41.7 Å². The molecular formula is C16H29N3O. The van der Waals surface area contributed by atoms with Gasteiger partial charge in [0, 0.05) is 31.2 Å². The Morgan fingerprint density at radius 2 is 1.90 bits per heavy atom. The fourth-order valence-corrected chi connectivity index (χ4v) is 2.04. The van der Waals surface area contributed by atoms with Crippen molar-refractivity contribution in [2.24, 2.45) is 5.73 Å². The van der Waals surface area contributed by atoms with Crippen LogP contribution in [-0.4, -0.2) is 50.6 Å². The third-order valence-electron chi connectivity index (χ3n) is 3.28. The van der Waals surface area contributed by atoms with Gasteiger partial charge in [0.25, 0.3) is 0 Å². The van der Waals surface area contributed by atoms with Gasteiger partial charge >= 0.3 is 0 Å². The molecule has 0 spiro atoms. The van der Waals surface area contributed by atoms with Gasteiger partial charge in [-0.25, -0.2) is 0 Å². The molecule has 1 rings (SSSR count). The van der Waals surface area contributed by atoms with Crippen LogP contribution in [0.5, 0.6) is 5.75 Å². The van der Waals surface area contributed by atoms with Crippen LogP contribution in [0.3, 0.4) is 0 Å². The van der Waals surface area contributed by atoms with Gasteiger partial charge in [-0.1, -0.05) is 6.07 Å². The van der Waals surface area contributed by atoms with Crippen LogP contribution in [0.1, 0.15) is 31.0 Å². The van der Waals surface area contributed by atoms with E-state index in [0.29, 0.717) is 6.61 Å². The predicted octanol–water partition coefficient (Wildman–Crippen LogP) is 2.10. The van der Waals surface area contributed by atoms with Crippen LogP contribution in [0.4, 0.5) is 0 Å². The van der Waals surface area contributed by atoms with Crippen LogP contribution in [0, 0.1) is 0 Å². The highest BCUT2D eigenvalue weighted by atomic mass is 16.5. The lowest BCUT2D eigenvalue weighted by Crippen LogP contribution is -2.28. The number of likely N-dealkylation sites (N-methyl/N-ethyl adjacent to an activating group) is 2. The van der Waals surface area contributed by atoms with E-state index in [-0.39, 0.29) is 6.04 Å². The molecule has 114 valence electrons. The number of hydrogen-bond donors (Lipinski definition) is 1. The Labute approximate surface area is 123 Å². The largest absolute Gasteiger partial charge is 0.494 e. The van der Waals surface area contributed by atoms with E-state index in [1.54, 1.807) is 0 Å². The highest BCUT2D eigenvalue weighted by molar-refractivity contribution is 5.38. The molecule has 1 unspecified atom stereocenters. The van der Waals surface area contributed by atoms with Crippen molar-refractivity contribution >= 4 is 0 Å². The third-order valence-corrected chi connectivity index (χ3v) is 3.28. The normalized spacial score (nSPS) is 13.0. The van der Waals surface area contributed by atoms with E-state index in [1.165, 1.54) is 5.56 Å². The fraction of sp³-hybridized carbons (Fsp3) is 0.625. The molecule has 0 aromatic heterocycles. The molecule has 0 amide bonds. The van der Waals surface area contributed by atoms with Crippen LogP contribution < -0.4 is 10.5 Å². The van der Waals surface area contributed by atoms with Crippen molar-refractivity contribution in [3.8, 4) is 5.75 Å². The van der Waals surface area contributed by atoms with Crippen molar-refractivity contribution in [1.29, 1.82) is 0 Å². The van der Waals surface area contributed by atoms with E-state index in [0.717, 1.165) is 30.9 Å². The maximum absolute atomic E-state index is 5.97. The van der Waals surface area contributed by atoms with Crippen molar-refractivity contribution in [2.45, 2.75) is 26.4 Å². The fourth-order valence-electron chi connectivity index (χ4n) is 2.04. The SMILES string of the molecule is CCOc1ccc(C(C)N)cc1CN(C)CCN(C)C. The maximum Gasteiger partial charge on any atom is 0.123 e. The number of nitrogens with zero attached hydrogens (tertiary/aromatic N) is 2. The Balaban J connectivity index is 2.80. The predicted molar refractivity (Wildman–Crippen MR) is 85.1 cm³/mol. The highest BCUT2D eigenvalue weighted by Crippen LogP contribution is 2.24. The van der Waals surface area contributed by atoms with Gasteiger partial charge in [0.15, 0.2) is 0 Å². The summed E-state index contributed by atoms with van der Waals surface area (Å²) >= 11 is 0. The van der Waals surface area contributed by atoms with Crippen LogP contribution in [-0.2, 0) is 6.54 Å². The molecule has 2 N–H and O–H groups in total. The first-order chi connectivity index (χ1) is 9.43. The average Bonchev–Trinajstić information content (AvgIpc) is 2.38. The maximum atomic E-state index is 5.97. The Hall–Kier alpha value is -1.10. The smallest absolute Gasteiger partial charge is 0.123 e. The molecule has 0 aliphatic rings. The molecule has 1 aromatic rings. The van der Waals surface area contributed by atoms with E-state index >= 15 is 0 Å². The molecule has 0 radical (unpaired) electrons. The molecule has 4 heteroatoms. The van der Waals surface area contributed by atoms with Gasteiger partial charge in [-0.15, -0.1) is 0 Å². The minimum atomic E-state index is 0.0523. The summed E-state index contributed by atoms with van der Waals surface area (Å²) in [5.74, 6) is 0.966. The van der Waals surface area contributed by atoms with Crippen molar-refractivity contribution in [2.75, 3.05) is 40.8 Å². The molecule has 0 saturated heterocycles. The first-order valence-corrected chi connectivity index (χ1v) is 7.28. The molecular weight excluding hydrogens is 250 g/mol. The summed E-state index contributed by atoms with van der Waals surface area (Å²) in [5.41, 5.74) is 8.34. The minimum absolute atomic E-state index is 0.0523. The number of nitrogens with two attached hydrogens (primary N) is 1. The van der Waals surface area contributed by atoms with Crippen LogP contribution in [0.15, 0.2) is 18.2 Å². The van der Waals surface area contributed by atoms with Crippen LogP contribution >= 0.6 is 0 Å². The van der Waals surface area contributed by atoms with Gasteiger partial charge < -0.3 is 20.3 Å². The van der Waals surface area contributed by atoms with Crippen molar-refractivity contribution in [3.05, 3.63) is 29.3 Å². The van der Waals surface area contributed by atoms with E-state index < -0.39 is 0 Å². The van der Waals surface area contributed by atoms with E-state index in [2.05, 4.69) is 43.1 Å². The monoisotopic (exact) mass is 279 g/mol. The minimum Gasteiger partial charge on any atom is -0.494 e. The lowest BCUT2D eigenvalue weighted by atomic mass is 10.0. The summed E-state index contributed by atoms with van der Waals surface area (Å²) < 4.78 is 5.72. The first kappa shape index (κ1) is 17.0. The summed E-state index contributed by atoms with van der Waals surface area (Å²) in [6, 6.07) is 6.31. The molecule has 4 nitrogen and oxygen atoms in total. The standard InChI is InChI=1S/C16H29N3O/c1-6-20-16-8-7-14(13(2)17)11-15(16)12-19(5)10-9-18(3)4/h7-8,11,13H,6,9-10,12,17H2,1-5H3. The zero-order chi connectivity index (χ0) is 15.1. The average molecular weight is 279 g/mol. The molecule has 0 fully saturated rings. The second kappa shape index (κ2) is 8.25. The molecule has 1 atom stereocenters. The number of ether oxygens (including phenoxy) is 1. The zero-order valence-electron chi connectivity index (χ0n) is 13.5. The quantitative estimate of drug-likeness (QED) is 0.791. The lowest BCUT2D eigenvalue weighted by Gasteiger charge is -2.21. The molecule has 0 bridgehead atoms. The van der Waals surface area contributed by atoms with Gasteiger partial charge in [-0.05, 0) is 52.7 Å². The molecule has 0 saturated carbocycles. The van der Waals surface area contributed by atoms with E-state index in [9.17, 15) is 0 Å². The molecule has 1 aromatic carbocycles. The molecule has 0 aliphatic carbocycles. The third kappa shape index (κ3) is 5.49. The van der Waals surface area contributed by atoms with E-state index in [1.807, 2.05) is 19.9 Å². The molecule has 0 aliphatic heterocycles. The van der Waals surface area contributed by atoms with Gasteiger partial charge in [0.05, 0.1) is 6.61 Å². The molecule has 0 heterocycles. The van der Waals surface area contributed by atoms with Crippen molar-refractivity contribution in [1.82, 2.24) is 9.80 Å². The summed E-state index contributed by atoms with van der Waals surface area (Å²) in [5, 5.41) is 0. The number of hydrogen-bond acceptors (Lipinski definition) is 4. The summed E-state index contributed by atoms with van der Waals surface area (Å²) in [6.45, 7) is 7.66. The van der Waals surface area contributed by atoms with Crippen LogP contribution in [0.25, 0.3) is 0 Å². The van der Waals surface area contributed by atoms with Crippen molar-refractivity contribution < 1.29 is 4.74 Å². The summed E-state index contributed by atoms with van der Waals surface area (Å²) in [7, 11) is 6.32. The van der Waals surface area contributed by atoms with E-state index in [4.69, 9.17) is 10.5 Å². The van der Waals surface area contributed by atoms with Crippen molar-refractivity contribution in [3.63, 3.8) is 0 Å². The second-order valence-electron chi connectivity index (χ2n) is 5.63. The number of rotatable bonds is 8. The lowest BCUT2D eigenvalue weighted by molar-refractivity contribution is 0.269. The Kier molecular flexibility index (Phi) is 6.99. The van der Waals surface area contributed by atoms with Crippen LogP contribution in [0.2, 0.25) is 0 Å². The second-order valence-corrected chi connectivity index (χ2v) is 5.63. The van der Waals surface area contributed by atoms with Gasteiger partial charge in [0.2, 0.25) is 0 Å². The first-order valence-electron chi connectivity index (χ1n) is 7.28.